The van der Waals surface area contributed by atoms with Crippen LogP contribution < -0.4 is 10.6 Å². The Kier molecular flexibility index (Phi) is 6.56. The molecule has 2 heterocycles. The first-order valence-electron chi connectivity index (χ1n) is 10.7. The number of hydrogen-bond acceptors (Lipinski definition) is 5. The van der Waals surface area contributed by atoms with Crippen LogP contribution in [0.3, 0.4) is 0 Å². The number of fused-ring (bicyclic) bond motifs is 1. The highest BCUT2D eigenvalue weighted by molar-refractivity contribution is 6.31. The molecule has 2 N–H and O–H groups in total. The number of alkyl halides is 3. The number of ether oxygens (including phenoxy) is 1. The summed E-state index contributed by atoms with van der Waals surface area (Å²) in [5.74, 6) is 0.220. The molecule has 0 radical (unpaired) electrons. The predicted molar refractivity (Wildman–Crippen MR) is 117 cm³/mol. The number of amides is 2. The van der Waals surface area contributed by atoms with E-state index in [1.807, 2.05) is 0 Å². The molecule has 2 fully saturated rings. The van der Waals surface area contributed by atoms with E-state index in [0.29, 0.717) is 35.9 Å². The van der Waals surface area contributed by atoms with Crippen molar-refractivity contribution in [2.24, 2.45) is 5.92 Å². The number of anilines is 1. The van der Waals surface area contributed by atoms with Crippen LogP contribution in [0.1, 0.15) is 31.9 Å². The van der Waals surface area contributed by atoms with Gasteiger partial charge in [0, 0.05) is 42.2 Å². The number of nitrogens with one attached hydrogen (secondary N) is 2. The summed E-state index contributed by atoms with van der Waals surface area (Å²) < 4.78 is 45.5. The highest BCUT2D eigenvalue weighted by atomic mass is 35.5. The maximum Gasteiger partial charge on any atom is 0.433 e. The summed E-state index contributed by atoms with van der Waals surface area (Å²) in [7, 11) is 0. The number of carbonyl (C=O) groups excluding carboxylic acids is 2. The van der Waals surface area contributed by atoms with Crippen LogP contribution in [0.25, 0.3) is 10.9 Å². The van der Waals surface area contributed by atoms with Crippen molar-refractivity contribution in [1.29, 1.82) is 0 Å². The molecule has 1 aromatic carbocycles. The number of hydrogen-bond donors (Lipinski definition) is 2. The smallest absolute Gasteiger partial charge is 0.433 e. The lowest BCUT2D eigenvalue weighted by molar-refractivity contribution is -0.140. The number of benzene rings is 1. The first-order chi connectivity index (χ1) is 15.6. The molecule has 1 saturated heterocycles. The van der Waals surface area contributed by atoms with Crippen molar-refractivity contribution in [3.63, 3.8) is 0 Å². The van der Waals surface area contributed by atoms with Crippen molar-refractivity contribution in [2.75, 3.05) is 25.0 Å². The second kappa shape index (κ2) is 9.24. The third kappa shape index (κ3) is 5.98. The van der Waals surface area contributed by atoms with Gasteiger partial charge < -0.3 is 20.3 Å². The largest absolute Gasteiger partial charge is 0.449 e. The fourth-order valence-electron chi connectivity index (χ4n) is 3.93. The van der Waals surface area contributed by atoms with Crippen molar-refractivity contribution in [3.8, 4) is 0 Å². The van der Waals surface area contributed by atoms with Gasteiger partial charge in [-0.3, -0.25) is 4.79 Å². The molecule has 2 amide bonds. The number of pyridine rings is 1. The van der Waals surface area contributed by atoms with E-state index in [2.05, 4.69) is 15.6 Å². The lowest BCUT2D eigenvalue weighted by Crippen LogP contribution is -2.55. The van der Waals surface area contributed by atoms with Gasteiger partial charge in [0.1, 0.15) is 5.69 Å². The molecule has 1 saturated carbocycles. The van der Waals surface area contributed by atoms with Crippen molar-refractivity contribution in [3.05, 3.63) is 35.0 Å². The monoisotopic (exact) mass is 484 g/mol. The van der Waals surface area contributed by atoms with E-state index in [1.165, 1.54) is 19.1 Å². The quantitative estimate of drug-likeness (QED) is 0.655. The van der Waals surface area contributed by atoms with Crippen molar-refractivity contribution < 1.29 is 27.5 Å². The lowest BCUT2D eigenvalue weighted by Gasteiger charge is -2.38. The zero-order chi connectivity index (χ0) is 23.8. The molecule has 7 nitrogen and oxygen atoms in total. The van der Waals surface area contributed by atoms with Gasteiger partial charge in [0.2, 0.25) is 5.91 Å². The molecule has 0 unspecified atom stereocenters. The van der Waals surface area contributed by atoms with E-state index in [9.17, 15) is 22.8 Å². The second-order valence-corrected chi connectivity index (χ2v) is 9.03. The molecule has 4 rings (SSSR count). The summed E-state index contributed by atoms with van der Waals surface area (Å²) in [4.78, 5) is 29.5. The average molecular weight is 485 g/mol. The van der Waals surface area contributed by atoms with Crippen LogP contribution in [0.15, 0.2) is 24.3 Å². The Hall–Kier alpha value is -2.75. The minimum Gasteiger partial charge on any atom is -0.449 e. The third-order valence-electron chi connectivity index (χ3n) is 5.79. The number of alkyl carbamates (subject to hydrolysis) is 1. The topological polar surface area (TPSA) is 83.6 Å². The SMILES string of the molecule is CC(=O)N1C[C@@H](NC(=O)OCC2CC2)C[C@@H](Nc2cc(C(F)(F)F)nc3ccc(Cl)cc23)C1. The number of carbonyl (C=O) groups is 2. The molecule has 2 aromatic rings. The Morgan fingerprint density at radius 1 is 1.21 bits per heavy atom. The van der Waals surface area contributed by atoms with Gasteiger partial charge in [0.15, 0.2) is 0 Å². The highest BCUT2D eigenvalue weighted by Gasteiger charge is 2.35. The fraction of sp³-hybridized carbons (Fsp3) is 0.500. The molecule has 2 aliphatic rings. The van der Waals surface area contributed by atoms with Crippen LogP contribution in [0, 0.1) is 5.92 Å². The van der Waals surface area contributed by atoms with Crippen LogP contribution in [0.4, 0.5) is 23.7 Å². The number of piperidine rings is 1. The zero-order valence-electron chi connectivity index (χ0n) is 17.9. The zero-order valence-corrected chi connectivity index (χ0v) is 18.7. The molecular weight excluding hydrogens is 461 g/mol. The Balaban J connectivity index is 1.56. The molecular formula is C22H24ClF3N4O3. The maximum atomic E-state index is 13.4. The first-order valence-corrected chi connectivity index (χ1v) is 11.1. The third-order valence-corrected chi connectivity index (χ3v) is 6.02. The van der Waals surface area contributed by atoms with Crippen LogP contribution in [-0.2, 0) is 15.7 Å². The molecule has 0 bridgehead atoms. The fourth-order valence-corrected chi connectivity index (χ4v) is 4.11. The average Bonchev–Trinajstić information content (AvgIpc) is 3.56. The van der Waals surface area contributed by atoms with E-state index in [4.69, 9.17) is 16.3 Å². The number of nitrogens with zero attached hydrogens (tertiary/aromatic N) is 2. The van der Waals surface area contributed by atoms with Gasteiger partial charge in [-0.05, 0) is 49.4 Å². The minimum absolute atomic E-state index is 0.147. The summed E-state index contributed by atoms with van der Waals surface area (Å²) in [6, 6.07) is 4.57. The number of aromatic nitrogens is 1. The summed E-state index contributed by atoms with van der Waals surface area (Å²) in [5.41, 5.74) is -0.674. The molecule has 0 spiro atoms. The first kappa shape index (κ1) is 23.4. The van der Waals surface area contributed by atoms with Crippen LogP contribution in [-0.4, -0.2) is 53.7 Å². The van der Waals surface area contributed by atoms with Gasteiger partial charge in [0.25, 0.3) is 0 Å². The Morgan fingerprint density at radius 3 is 2.61 bits per heavy atom. The molecule has 33 heavy (non-hydrogen) atoms. The molecule has 2 atom stereocenters. The molecule has 1 aliphatic heterocycles. The summed E-state index contributed by atoms with van der Waals surface area (Å²) >= 11 is 6.07. The number of rotatable bonds is 5. The summed E-state index contributed by atoms with van der Waals surface area (Å²) in [6.45, 7) is 2.34. The van der Waals surface area contributed by atoms with Gasteiger partial charge in [-0.1, -0.05) is 11.6 Å². The van der Waals surface area contributed by atoms with Crippen molar-refractivity contribution in [2.45, 2.75) is 44.4 Å². The van der Waals surface area contributed by atoms with E-state index < -0.39 is 30.0 Å². The van der Waals surface area contributed by atoms with Gasteiger partial charge in [-0.15, -0.1) is 0 Å². The number of halogens is 4. The number of likely N-dealkylation sites (tertiary alicyclic amines) is 1. The van der Waals surface area contributed by atoms with Crippen molar-refractivity contribution in [1.82, 2.24) is 15.2 Å². The lowest BCUT2D eigenvalue weighted by atomic mass is 9.99. The van der Waals surface area contributed by atoms with E-state index in [1.54, 1.807) is 11.0 Å². The molecule has 178 valence electrons. The summed E-state index contributed by atoms with van der Waals surface area (Å²) in [6.07, 6.45) is -2.70. The van der Waals surface area contributed by atoms with E-state index in [0.717, 1.165) is 18.9 Å². The predicted octanol–water partition coefficient (Wildman–Crippen LogP) is 4.44. The molecule has 11 heteroatoms. The van der Waals surface area contributed by atoms with Crippen LogP contribution >= 0.6 is 11.6 Å². The van der Waals surface area contributed by atoms with Crippen molar-refractivity contribution >= 4 is 40.2 Å². The van der Waals surface area contributed by atoms with Crippen LogP contribution in [0.2, 0.25) is 5.02 Å². The van der Waals surface area contributed by atoms with Gasteiger partial charge in [0.05, 0.1) is 18.2 Å². The molecule has 1 aliphatic carbocycles. The Morgan fingerprint density at radius 2 is 1.94 bits per heavy atom. The maximum absolute atomic E-state index is 13.4. The van der Waals surface area contributed by atoms with E-state index in [-0.39, 0.29) is 23.7 Å². The van der Waals surface area contributed by atoms with Crippen LogP contribution in [0.5, 0.6) is 0 Å². The Bertz CT molecular complexity index is 1060. The van der Waals surface area contributed by atoms with E-state index >= 15 is 0 Å². The van der Waals surface area contributed by atoms with Gasteiger partial charge in [-0.2, -0.15) is 13.2 Å². The van der Waals surface area contributed by atoms with Gasteiger partial charge >= 0.3 is 12.3 Å². The standard InChI is InChI=1S/C22H24ClF3N4O3/c1-12(31)30-9-15(7-16(10-30)28-21(32)33-11-13-2-3-13)27-19-8-20(22(24,25)26)29-18-5-4-14(23)6-17(18)19/h4-6,8,13,15-16H,2-3,7,9-11H2,1H3,(H,27,29)(H,28,32)/t15-,16+/m1/s1. The second-order valence-electron chi connectivity index (χ2n) is 8.60. The summed E-state index contributed by atoms with van der Waals surface area (Å²) in [5, 5.41) is 6.70. The van der Waals surface area contributed by atoms with Gasteiger partial charge in [-0.25, -0.2) is 9.78 Å². The Labute approximate surface area is 193 Å². The highest BCUT2D eigenvalue weighted by Crippen LogP contribution is 2.35. The minimum atomic E-state index is -4.63. The normalized spacial score (nSPS) is 21.1. The molecule has 1 aromatic heterocycles.